The van der Waals surface area contributed by atoms with Crippen LogP contribution in [0.4, 0.5) is 4.79 Å². The van der Waals surface area contributed by atoms with Crippen LogP contribution < -0.4 is 10.6 Å². The van der Waals surface area contributed by atoms with E-state index in [0.29, 0.717) is 12.6 Å². The predicted molar refractivity (Wildman–Crippen MR) is 111 cm³/mol. The Balaban J connectivity index is 1.57. The second kappa shape index (κ2) is 9.28. The fourth-order valence-electron chi connectivity index (χ4n) is 3.52. The maximum atomic E-state index is 12.5. The summed E-state index contributed by atoms with van der Waals surface area (Å²) in [5.41, 5.74) is 3.15. The minimum atomic E-state index is -0.479. The number of hydrogen-bond acceptors (Lipinski definition) is 4. The van der Waals surface area contributed by atoms with Crippen molar-refractivity contribution < 1.29 is 9.59 Å². The number of nitrogens with zero attached hydrogens (tertiary/aromatic N) is 2. The van der Waals surface area contributed by atoms with E-state index >= 15 is 0 Å². The lowest BCUT2D eigenvalue weighted by molar-refractivity contribution is -0.119. The number of amides is 3. The monoisotopic (exact) mass is 400 g/mol. The Morgan fingerprint density at radius 1 is 1.21 bits per heavy atom. The van der Waals surface area contributed by atoms with E-state index in [0.717, 1.165) is 29.3 Å². The average Bonchev–Trinajstić information content (AvgIpc) is 3.29. The molecule has 2 aromatic rings. The maximum absolute atomic E-state index is 12.5. The van der Waals surface area contributed by atoms with Crippen molar-refractivity contribution >= 4 is 23.7 Å². The highest BCUT2D eigenvalue weighted by Crippen LogP contribution is 2.36. The van der Waals surface area contributed by atoms with Gasteiger partial charge in [-0.05, 0) is 39.2 Å². The quantitative estimate of drug-likeness (QED) is 0.715. The molecule has 6 nitrogen and oxygen atoms in total. The Bertz CT molecular complexity index is 828. The minimum Gasteiger partial charge on any atom is -0.334 e. The molecule has 0 bridgehead atoms. The Kier molecular flexibility index (Phi) is 6.78. The molecule has 3 amide bonds. The molecule has 1 aliphatic rings. The van der Waals surface area contributed by atoms with Crippen molar-refractivity contribution in [3.8, 4) is 0 Å². The summed E-state index contributed by atoms with van der Waals surface area (Å²) in [5, 5.41) is 5.61. The SMILES string of the molecule is Cc1nc(SC(C)C(=O)NC(=O)NCc2ccccc2)n(C2CCCC2)c1C. The number of carbonyl (C=O) groups excluding carboxylic acids is 2. The van der Waals surface area contributed by atoms with Gasteiger partial charge in [0.2, 0.25) is 5.91 Å². The van der Waals surface area contributed by atoms with E-state index in [1.165, 1.54) is 30.3 Å². The third-order valence-corrected chi connectivity index (χ3v) is 6.29. The van der Waals surface area contributed by atoms with Gasteiger partial charge in [0.1, 0.15) is 0 Å². The van der Waals surface area contributed by atoms with E-state index in [9.17, 15) is 9.59 Å². The summed E-state index contributed by atoms with van der Waals surface area (Å²) in [6.45, 7) is 6.29. The van der Waals surface area contributed by atoms with Crippen molar-refractivity contribution in [3.05, 3.63) is 47.3 Å². The van der Waals surface area contributed by atoms with Gasteiger partial charge in [0, 0.05) is 18.3 Å². The van der Waals surface area contributed by atoms with Gasteiger partial charge in [-0.15, -0.1) is 0 Å². The molecule has 0 spiro atoms. The predicted octanol–water partition coefficient (Wildman–Crippen LogP) is 4.12. The first-order valence-electron chi connectivity index (χ1n) is 9.80. The summed E-state index contributed by atoms with van der Waals surface area (Å²) < 4.78 is 2.28. The fraction of sp³-hybridized carbons (Fsp3) is 0.476. The minimum absolute atomic E-state index is 0.313. The van der Waals surface area contributed by atoms with Gasteiger partial charge in [-0.25, -0.2) is 9.78 Å². The number of nitrogens with one attached hydrogen (secondary N) is 2. The van der Waals surface area contributed by atoms with Crippen molar-refractivity contribution in [1.29, 1.82) is 0 Å². The van der Waals surface area contributed by atoms with Gasteiger partial charge in [-0.3, -0.25) is 10.1 Å². The number of aryl methyl sites for hydroxylation is 1. The molecule has 1 aromatic carbocycles. The lowest BCUT2D eigenvalue weighted by atomic mass is 10.2. The molecule has 1 fully saturated rings. The molecule has 1 heterocycles. The summed E-state index contributed by atoms with van der Waals surface area (Å²) in [6.07, 6.45) is 4.80. The van der Waals surface area contributed by atoms with Crippen molar-refractivity contribution in [2.24, 2.45) is 0 Å². The van der Waals surface area contributed by atoms with E-state index in [1.807, 2.05) is 44.2 Å². The second-order valence-corrected chi connectivity index (χ2v) is 8.60. The first kappa shape index (κ1) is 20.5. The second-order valence-electron chi connectivity index (χ2n) is 7.29. The normalized spacial score (nSPS) is 15.4. The molecule has 2 N–H and O–H groups in total. The molecule has 1 aromatic heterocycles. The van der Waals surface area contributed by atoms with Crippen LogP contribution in [-0.2, 0) is 11.3 Å². The van der Waals surface area contributed by atoms with Crippen LogP contribution in [0.25, 0.3) is 0 Å². The number of rotatable bonds is 6. The summed E-state index contributed by atoms with van der Waals surface area (Å²) in [7, 11) is 0. The van der Waals surface area contributed by atoms with E-state index in [-0.39, 0.29) is 5.91 Å². The largest absolute Gasteiger partial charge is 0.334 e. The summed E-state index contributed by atoms with van der Waals surface area (Å²) >= 11 is 1.42. The first-order chi connectivity index (χ1) is 13.5. The van der Waals surface area contributed by atoms with Gasteiger partial charge in [-0.2, -0.15) is 0 Å². The molecule has 7 heteroatoms. The number of imide groups is 1. The fourth-order valence-corrected chi connectivity index (χ4v) is 4.59. The van der Waals surface area contributed by atoms with Crippen molar-refractivity contribution in [2.45, 2.75) is 69.4 Å². The first-order valence-corrected chi connectivity index (χ1v) is 10.7. The van der Waals surface area contributed by atoms with Crippen LogP contribution in [0, 0.1) is 13.8 Å². The van der Waals surface area contributed by atoms with Crippen molar-refractivity contribution in [3.63, 3.8) is 0 Å². The lowest BCUT2D eigenvalue weighted by Crippen LogP contribution is -2.42. The van der Waals surface area contributed by atoms with Crippen LogP contribution in [0.15, 0.2) is 35.5 Å². The Hall–Kier alpha value is -2.28. The molecule has 150 valence electrons. The zero-order chi connectivity index (χ0) is 20.1. The zero-order valence-corrected chi connectivity index (χ0v) is 17.5. The highest BCUT2D eigenvalue weighted by molar-refractivity contribution is 8.00. The summed E-state index contributed by atoms with van der Waals surface area (Å²) in [5.74, 6) is -0.313. The molecule has 28 heavy (non-hydrogen) atoms. The van der Waals surface area contributed by atoms with Gasteiger partial charge in [0.05, 0.1) is 10.9 Å². The number of hydrogen-bond donors (Lipinski definition) is 2. The molecule has 1 aliphatic carbocycles. The van der Waals surface area contributed by atoms with Gasteiger partial charge in [0.15, 0.2) is 5.16 Å². The highest BCUT2D eigenvalue weighted by Gasteiger charge is 2.26. The number of aromatic nitrogens is 2. The molecular weight excluding hydrogens is 372 g/mol. The van der Waals surface area contributed by atoms with Gasteiger partial charge in [0.25, 0.3) is 0 Å². The van der Waals surface area contributed by atoms with Gasteiger partial charge < -0.3 is 9.88 Å². The van der Waals surface area contributed by atoms with E-state index in [1.54, 1.807) is 0 Å². The topological polar surface area (TPSA) is 76.0 Å². The molecule has 1 unspecified atom stereocenters. The van der Waals surface area contributed by atoms with Crippen LogP contribution in [0.3, 0.4) is 0 Å². The van der Waals surface area contributed by atoms with E-state index in [2.05, 4.69) is 27.1 Å². The number of urea groups is 1. The van der Waals surface area contributed by atoms with Crippen LogP contribution in [0.2, 0.25) is 0 Å². The number of imidazole rings is 1. The van der Waals surface area contributed by atoms with E-state index in [4.69, 9.17) is 0 Å². The van der Waals surface area contributed by atoms with Crippen LogP contribution in [-0.4, -0.2) is 26.7 Å². The standard InChI is InChI=1S/C21H28N4O2S/c1-14-15(2)25(18-11-7-8-12-18)21(23-14)28-16(3)19(26)24-20(27)22-13-17-9-5-4-6-10-17/h4-6,9-10,16,18H,7-8,11-13H2,1-3H3,(H2,22,24,26,27). The van der Waals surface area contributed by atoms with Crippen LogP contribution in [0.1, 0.15) is 55.6 Å². The van der Waals surface area contributed by atoms with Crippen molar-refractivity contribution in [1.82, 2.24) is 20.2 Å². The highest BCUT2D eigenvalue weighted by atomic mass is 32.2. The number of benzene rings is 1. The third kappa shape index (κ3) is 4.95. The Morgan fingerprint density at radius 3 is 2.57 bits per heavy atom. The van der Waals surface area contributed by atoms with Gasteiger partial charge >= 0.3 is 6.03 Å². The summed E-state index contributed by atoms with van der Waals surface area (Å²) in [4.78, 5) is 29.2. The zero-order valence-electron chi connectivity index (χ0n) is 16.7. The third-order valence-electron chi connectivity index (χ3n) is 5.23. The molecule has 0 aliphatic heterocycles. The molecule has 0 saturated heterocycles. The van der Waals surface area contributed by atoms with Crippen molar-refractivity contribution in [2.75, 3.05) is 0 Å². The summed E-state index contributed by atoms with van der Waals surface area (Å²) in [6, 6.07) is 9.58. The molecule has 1 saturated carbocycles. The van der Waals surface area contributed by atoms with Crippen LogP contribution in [0.5, 0.6) is 0 Å². The number of thioether (sulfide) groups is 1. The van der Waals surface area contributed by atoms with E-state index < -0.39 is 11.3 Å². The Morgan fingerprint density at radius 2 is 1.89 bits per heavy atom. The molecule has 0 radical (unpaired) electrons. The maximum Gasteiger partial charge on any atom is 0.321 e. The smallest absolute Gasteiger partial charge is 0.321 e. The molecular formula is C21H28N4O2S. The van der Waals surface area contributed by atoms with Gasteiger partial charge in [-0.1, -0.05) is 54.9 Å². The average molecular weight is 401 g/mol. The number of carbonyl (C=O) groups is 2. The molecule has 1 atom stereocenters. The molecule has 3 rings (SSSR count). The Labute approximate surface area is 170 Å². The van der Waals surface area contributed by atoms with Crippen LogP contribution >= 0.6 is 11.8 Å². The lowest BCUT2D eigenvalue weighted by Gasteiger charge is -2.18.